The number of carbonyl (C=O) groups is 2. The number of hydrogen-bond acceptors (Lipinski definition) is 5. The fraction of sp³-hybridized carbons (Fsp3) is 0.412. The van der Waals surface area contributed by atoms with Crippen LogP contribution in [-0.2, 0) is 16.1 Å². The minimum absolute atomic E-state index is 0.0177. The molecule has 25 heavy (non-hydrogen) atoms. The Labute approximate surface area is 144 Å². The molecule has 1 aromatic heterocycles. The second kappa shape index (κ2) is 6.64. The Morgan fingerprint density at radius 3 is 2.96 bits per heavy atom. The minimum Gasteiger partial charge on any atom is -0.370 e. The quantitative estimate of drug-likeness (QED) is 0.872. The summed E-state index contributed by atoms with van der Waals surface area (Å²) < 4.78 is 7.70. The van der Waals surface area contributed by atoms with Gasteiger partial charge in [0.15, 0.2) is 0 Å². The van der Waals surface area contributed by atoms with E-state index in [1.165, 1.54) is 0 Å². The average Bonchev–Trinajstić information content (AvgIpc) is 3.15. The largest absolute Gasteiger partial charge is 0.370 e. The van der Waals surface area contributed by atoms with Crippen LogP contribution < -0.4 is 5.32 Å². The van der Waals surface area contributed by atoms with Crippen LogP contribution in [-0.4, -0.2) is 57.4 Å². The summed E-state index contributed by atoms with van der Waals surface area (Å²) in [4.78, 5) is 26.3. The number of likely N-dealkylation sites (tertiary alicyclic amines) is 1. The van der Waals surface area contributed by atoms with Gasteiger partial charge in [-0.05, 0) is 18.6 Å². The van der Waals surface area contributed by atoms with Crippen LogP contribution in [0, 0.1) is 0 Å². The second-order valence-corrected chi connectivity index (χ2v) is 6.26. The SMILES string of the molecule is O=C(NCC(=O)N1CC[C@H]2OCc3cnnn3[C@@H]2C1)c1ccccc1. The number of benzene rings is 1. The summed E-state index contributed by atoms with van der Waals surface area (Å²) in [5.74, 6) is -0.349. The van der Waals surface area contributed by atoms with Gasteiger partial charge in [-0.1, -0.05) is 23.4 Å². The van der Waals surface area contributed by atoms with E-state index in [9.17, 15) is 9.59 Å². The first-order valence-electron chi connectivity index (χ1n) is 8.34. The van der Waals surface area contributed by atoms with Gasteiger partial charge in [-0.15, -0.1) is 5.10 Å². The van der Waals surface area contributed by atoms with E-state index in [0.29, 0.717) is 25.3 Å². The number of fused-ring (bicyclic) bond motifs is 3. The molecule has 1 saturated heterocycles. The zero-order valence-corrected chi connectivity index (χ0v) is 13.7. The van der Waals surface area contributed by atoms with Gasteiger partial charge in [-0.2, -0.15) is 0 Å². The fourth-order valence-corrected chi connectivity index (χ4v) is 3.36. The van der Waals surface area contributed by atoms with Crippen molar-refractivity contribution in [2.45, 2.75) is 25.2 Å². The van der Waals surface area contributed by atoms with Crippen LogP contribution in [0.4, 0.5) is 0 Å². The molecule has 0 spiro atoms. The number of amides is 2. The number of nitrogens with zero attached hydrogens (tertiary/aromatic N) is 4. The molecule has 2 atom stereocenters. The second-order valence-electron chi connectivity index (χ2n) is 6.26. The Morgan fingerprint density at radius 2 is 2.12 bits per heavy atom. The summed E-state index contributed by atoms with van der Waals surface area (Å²) in [7, 11) is 0. The van der Waals surface area contributed by atoms with Crippen LogP contribution in [0.1, 0.15) is 28.5 Å². The van der Waals surface area contributed by atoms with Crippen molar-refractivity contribution in [2.75, 3.05) is 19.6 Å². The number of rotatable bonds is 3. The van der Waals surface area contributed by atoms with E-state index in [1.54, 1.807) is 35.4 Å². The molecule has 8 heteroatoms. The Morgan fingerprint density at radius 1 is 1.28 bits per heavy atom. The average molecular weight is 341 g/mol. The third-order valence-corrected chi connectivity index (χ3v) is 4.72. The van der Waals surface area contributed by atoms with Gasteiger partial charge in [0.05, 0.1) is 37.2 Å². The summed E-state index contributed by atoms with van der Waals surface area (Å²) in [6, 6.07) is 8.85. The molecule has 2 aromatic rings. The molecule has 0 saturated carbocycles. The lowest BCUT2D eigenvalue weighted by atomic mass is 10.0. The molecule has 0 radical (unpaired) electrons. The summed E-state index contributed by atoms with van der Waals surface area (Å²) in [5.41, 5.74) is 1.47. The molecular formula is C17H19N5O3. The Kier molecular flexibility index (Phi) is 4.19. The molecule has 0 bridgehead atoms. The number of aromatic nitrogens is 3. The van der Waals surface area contributed by atoms with Crippen molar-refractivity contribution in [1.29, 1.82) is 0 Å². The molecule has 8 nitrogen and oxygen atoms in total. The van der Waals surface area contributed by atoms with E-state index in [1.807, 2.05) is 10.7 Å². The minimum atomic E-state index is -0.247. The summed E-state index contributed by atoms with van der Waals surface area (Å²) >= 11 is 0. The van der Waals surface area contributed by atoms with E-state index in [2.05, 4.69) is 15.6 Å². The zero-order chi connectivity index (χ0) is 17.2. The molecule has 1 aromatic carbocycles. The van der Waals surface area contributed by atoms with Crippen LogP contribution in [0.25, 0.3) is 0 Å². The van der Waals surface area contributed by atoms with Crippen LogP contribution in [0.5, 0.6) is 0 Å². The summed E-state index contributed by atoms with van der Waals surface area (Å²) in [6.07, 6.45) is 2.50. The maximum absolute atomic E-state index is 12.5. The normalized spacial score (nSPS) is 22.0. The first kappa shape index (κ1) is 15.8. The van der Waals surface area contributed by atoms with E-state index >= 15 is 0 Å². The Bertz CT molecular complexity index is 776. The van der Waals surface area contributed by atoms with E-state index < -0.39 is 0 Å². The van der Waals surface area contributed by atoms with Crippen molar-refractivity contribution in [3.63, 3.8) is 0 Å². The van der Waals surface area contributed by atoms with Crippen LogP contribution >= 0.6 is 0 Å². The monoisotopic (exact) mass is 341 g/mol. The summed E-state index contributed by atoms with van der Waals surface area (Å²) in [5, 5.41) is 10.7. The van der Waals surface area contributed by atoms with Crippen LogP contribution in [0.3, 0.4) is 0 Å². The van der Waals surface area contributed by atoms with Gasteiger partial charge in [0.1, 0.15) is 0 Å². The van der Waals surface area contributed by atoms with Crippen molar-refractivity contribution >= 4 is 11.8 Å². The summed E-state index contributed by atoms with van der Waals surface area (Å²) in [6.45, 7) is 1.62. The molecular weight excluding hydrogens is 322 g/mol. The van der Waals surface area contributed by atoms with Crippen LogP contribution in [0.15, 0.2) is 36.5 Å². The number of ether oxygens (including phenoxy) is 1. The van der Waals surface area contributed by atoms with Gasteiger partial charge >= 0.3 is 0 Å². The highest BCUT2D eigenvalue weighted by atomic mass is 16.5. The predicted molar refractivity (Wildman–Crippen MR) is 87.6 cm³/mol. The zero-order valence-electron chi connectivity index (χ0n) is 13.7. The highest BCUT2D eigenvalue weighted by Gasteiger charge is 2.37. The molecule has 3 heterocycles. The molecule has 1 fully saturated rings. The molecule has 0 unspecified atom stereocenters. The van der Waals surface area contributed by atoms with Crippen molar-refractivity contribution in [3.8, 4) is 0 Å². The number of hydrogen-bond donors (Lipinski definition) is 1. The van der Waals surface area contributed by atoms with Gasteiger partial charge < -0.3 is 15.0 Å². The Hall–Kier alpha value is -2.74. The standard InChI is InChI=1S/C17H19N5O3/c23-16(9-18-17(24)12-4-2-1-3-5-12)21-7-6-15-14(10-21)22-13(11-25-15)8-19-20-22/h1-5,8,14-15H,6-7,9-11H2,(H,18,24)/t14-,15-/m1/s1. The fourth-order valence-electron chi connectivity index (χ4n) is 3.36. The molecule has 2 aliphatic heterocycles. The third kappa shape index (κ3) is 3.12. The molecule has 4 rings (SSSR count). The highest BCUT2D eigenvalue weighted by molar-refractivity contribution is 5.96. The van der Waals surface area contributed by atoms with Gasteiger partial charge in [0, 0.05) is 18.7 Å². The number of piperidine rings is 1. The first-order valence-corrected chi connectivity index (χ1v) is 8.34. The number of carbonyl (C=O) groups excluding carboxylic acids is 2. The van der Waals surface area contributed by atoms with E-state index in [4.69, 9.17) is 4.74 Å². The van der Waals surface area contributed by atoms with Gasteiger partial charge in [0.2, 0.25) is 5.91 Å². The smallest absolute Gasteiger partial charge is 0.251 e. The van der Waals surface area contributed by atoms with Crippen molar-refractivity contribution in [3.05, 3.63) is 47.8 Å². The number of nitrogens with one attached hydrogen (secondary N) is 1. The van der Waals surface area contributed by atoms with Gasteiger partial charge in [0.25, 0.3) is 5.91 Å². The molecule has 2 aliphatic rings. The lowest BCUT2D eigenvalue weighted by Gasteiger charge is -2.41. The van der Waals surface area contributed by atoms with E-state index in [0.717, 1.165) is 12.1 Å². The van der Waals surface area contributed by atoms with Gasteiger partial charge in [-0.25, -0.2) is 4.68 Å². The Balaban J connectivity index is 1.37. The maximum Gasteiger partial charge on any atom is 0.251 e. The predicted octanol–water partition coefficient (Wildman–Crippen LogP) is 0.380. The molecule has 1 N–H and O–H groups in total. The maximum atomic E-state index is 12.5. The van der Waals surface area contributed by atoms with Crippen molar-refractivity contribution < 1.29 is 14.3 Å². The highest BCUT2D eigenvalue weighted by Crippen LogP contribution is 2.29. The third-order valence-electron chi connectivity index (χ3n) is 4.72. The van der Waals surface area contributed by atoms with E-state index in [-0.39, 0.29) is 30.5 Å². The molecule has 0 aliphatic carbocycles. The van der Waals surface area contributed by atoms with Crippen molar-refractivity contribution in [1.82, 2.24) is 25.2 Å². The topological polar surface area (TPSA) is 89.3 Å². The lowest BCUT2D eigenvalue weighted by Crippen LogP contribution is -2.51. The lowest BCUT2D eigenvalue weighted by molar-refractivity contribution is -0.136. The molecule has 2 amide bonds. The van der Waals surface area contributed by atoms with Gasteiger partial charge in [-0.3, -0.25) is 9.59 Å². The first-order chi connectivity index (χ1) is 12.2. The molecule has 130 valence electrons. The van der Waals surface area contributed by atoms with Crippen LogP contribution in [0.2, 0.25) is 0 Å². The van der Waals surface area contributed by atoms with Crippen molar-refractivity contribution in [2.24, 2.45) is 0 Å².